The van der Waals surface area contributed by atoms with Crippen molar-refractivity contribution in [2.24, 2.45) is 0 Å². The molecule has 1 N–H and O–H groups in total. The van der Waals surface area contributed by atoms with Crippen LogP contribution >= 0.6 is 0 Å². The van der Waals surface area contributed by atoms with E-state index >= 15 is 0 Å². The van der Waals surface area contributed by atoms with Gasteiger partial charge in [-0.05, 0) is 32.1 Å². The Hall–Kier alpha value is -0.340. The van der Waals surface area contributed by atoms with Gasteiger partial charge in [-0.2, -0.15) is 13.2 Å². The lowest BCUT2D eigenvalue weighted by molar-refractivity contribution is -0.905. The van der Waals surface area contributed by atoms with Gasteiger partial charge in [0.05, 0.1) is 19.6 Å². The fourth-order valence-electron chi connectivity index (χ4n) is 2.63. The minimum absolute atomic E-state index is 1.37. The molecule has 1 aliphatic heterocycles. The van der Waals surface area contributed by atoms with E-state index < -0.39 is 15.6 Å². The molecule has 1 saturated heterocycles. The van der Waals surface area contributed by atoms with Gasteiger partial charge in [0.1, 0.15) is 0 Å². The highest BCUT2D eigenvalue weighted by molar-refractivity contribution is 7.86. The van der Waals surface area contributed by atoms with E-state index in [-0.39, 0.29) is 0 Å². The zero-order valence-corrected chi connectivity index (χ0v) is 14.8. The summed E-state index contributed by atoms with van der Waals surface area (Å²) in [4.78, 5) is 1.88. The lowest BCUT2D eigenvalue weighted by Gasteiger charge is -2.23. The third-order valence-corrected chi connectivity index (χ3v) is 4.54. The molecular formula is C15H30F3NO3S. The van der Waals surface area contributed by atoms with Crippen molar-refractivity contribution in [2.75, 3.05) is 19.6 Å². The molecule has 0 aliphatic carbocycles. The van der Waals surface area contributed by atoms with Crippen LogP contribution in [0.4, 0.5) is 13.2 Å². The average Bonchev–Trinajstić information content (AvgIpc) is 2.46. The topological polar surface area (TPSA) is 61.6 Å². The van der Waals surface area contributed by atoms with Gasteiger partial charge < -0.3 is 9.45 Å². The molecule has 0 atom stereocenters. The Kier molecular flexibility index (Phi) is 11.9. The molecule has 8 heteroatoms. The number of rotatable bonds is 8. The van der Waals surface area contributed by atoms with E-state index in [0.29, 0.717) is 0 Å². The molecule has 0 aromatic rings. The molecule has 1 aliphatic rings. The number of likely N-dealkylation sites (tertiary alicyclic amines) is 1. The maximum absolute atomic E-state index is 10.7. The second-order valence-electron chi connectivity index (χ2n) is 6.08. The number of alkyl halides is 3. The maximum Gasteiger partial charge on any atom is 0.485 e. The van der Waals surface area contributed by atoms with Gasteiger partial charge in [0, 0.05) is 0 Å². The largest absolute Gasteiger partial charge is 0.741 e. The van der Waals surface area contributed by atoms with Crippen molar-refractivity contribution in [1.82, 2.24) is 0 Å². The molecule has 0 aromatic heterocycles. The second-order valence-corrected chi connectivity index (χ2v) is 7.45. The molecule has 1 rings (SSSR count). The molecule has 0 radical (unpaired) electrons. The van der Waals surface area contributed by atoms with Crippen LogP contribution in [0, 0.1) is 0 Å². The maximum atomic E-state index is 10.7. The Morgan fingerprint density at radius 1 is 0.913 bits per heavy atom. The molecule has 0 unspecified atom stereocenters. The van der Waals surface area contributed by atoms with Gasteiger partial charge in [0.2, 0.25) is 0 Å². The van der Waals surface area contributed by atoms with Gasteiger partial charge >= 0.3 is 5.51 Å². The monoisotopic (exact) mass is 361 g/mol. The van der Waals surface area contributed by atoms with Crippen LogP contribution in [0.1, 0.15) is 71.1 Å². The van der Waals surface area contributed by atoms with Crippen LogP contribution in [0.5, 0.6) is 0 Å². The normalized spacial score (nSPS) is 16.7. The first-order valence-electron chi connectivity index (χ1n) is 8.54. The highest BCUT2D eigenvalue weighted by atomic mass is 32.2. The van der Waals surface area contributed by atoms with Crippen LogP contribution in [0.3, 0.4) is 0 Å². The molecule has 0 aromatic carbocycles. The SMILES string of the molecule is CCCCCCCCC[NH+]1CCCCC1.O=S(=O)([O-])C(F)(F)F. The second kappa shape index (κ2) is 12.1. The van der Waals surface area contributed by atoms with Crippen molar-refractivity contribution in [2.45, 2.75) is 76.6 Å². The summed E-state index contributed by atoms with van der Waals surface area (Å²) in [5.74, 6) is 0. The first-order valence-corrected chi connectivity index (χ1v) is 9.95. The van der Waals surface area contributed by atoms with E-state index in [4.69, 9.17) is 13.0 Å². The van der Waals surface area contributed by atoms with Crippen molar-refractivity contribution in [3.05, 3.63) is 0 Å². The van der Waals surface area contributed by atoms with E-state index in [0.717, 1.165) is 0 Å². The lowest BCUT2D eigenvalue weighted by Crippen LogP contribution is -3.12. The Balaban J connectivity index is 0.000000515. The number of hydrogen-bond donors (Lipinski definition) is 1. The smallest absolute Gasteiger partial charge is 0.485 e. The van der Waals surface area contributed by atoms with Crippen LogP contribution in [-0.4, -0.2) is 38.1 Å². The summed E-state index contributed by atoms with van der Waals surface area (Å²) in [5.41, 5.74) is -5.65. The number of unbranched alkanes of at least 4 members (excludes halogenated alkanes) is 6. The summed E-state index contributed by atoms with van der Waals surface area (Å²) in [6, 6.07) is 0. The molecule has 1 fully saturated rings. The van der Waals surface area contributed by atoms with Crippen molar-refractivity contribution in [3.8, 4) is 0 Å². The first-order chi connectivity index (χ1) is 10.7. The highest BCUT2D eigenvalue weighted by Gasteiger charge is 2.36. The highest BCUT2D eigenvalue weighted by Crippen LogP contribution is 2.20. The van der Waals surface area contributed by atoms with Crippen LogP contribution in [0.25, 0.3) is 0 Å². The standard InChI is InChI=1S/C14H29N.CHF3O3S/c1-2-3-4-5-6-7-9-12-15-13-10-8-11-14-15;2-1(3,4)8(5,6)7/h2-14H2,1H3;(H,5,6,7). The van der Waals surface area contributed by atoms with Crippen molar-refractivity contribution in [1.29, 1.82) is 0 Å². The predicted molar refractivity (Wildman–Crippen MR) is 83.2 cm³/mol. The Bertz CT molecular complexity index is 380. The molecule has 4 nitrogen and oxygen atoms in total. The first kappa shape index (κ1) is 22.7. The summed E-state index contributed by atoms with van der Waals surface area (Å²) in [7, 11) is -6.09. The molecule has 0 saturated carbocycles. The summed E-state index contributed by atoms with van der Waals surface area (Å²) >= 11 is 0. The minimum Gasteiger partial charge on any atom is -0.741 e. The molecule has 140 valence electrons. The average molecular weight is 361 g/mol. The number of piperidine rings is 1. The Labute approximate surface area is 138 Å². The number of halogens is 3. The number of quaternary nitrogens is 1. The van der Waals surface area contributed by atoms with Crippen molar-refractivity contribution < 1.29 is 31.0 Å². The van der Waals surface area contributed by atoms with Crippen molar-refractivity contribution >= 4 is 10.1 Å². The van der Waals surface area contributed by atoms with Crippen LogP contribution in [0.15, 0.2) is 0 Å². The Morgan fingerprint density at radius 3 is 1.78 bits per heavy atom. The Morgan fingerprint density at radius 2 is 1.35 bits per heavy atom. The van der Waals surface area contributed by atoms with E-state index in [1.165, 1.54) is 83.8 Å². The third-order valence-electron chi connectivity index (χ3n) is 3.98. The fourth-order valence-corrected chi connectivity index (χ4v) is 2.63. The van der Waals surface area contributed by atoms with Crippen molar-refractivity contribution in [3.63, 3.8) is 0 Å². The zero-order chi connectivity index (χ0) is 17.8. The molecule has 23 heavy (non-hydrogen) atoms. The molecule has 0 amide bonds. The van der Waals surface area contributed by atoms with Crippen LogP contribution in [0.2, 0.25) is 0 Å². The third kappa shape index (κ3) is 12.7. The van der Waals surface area contributed by atoms with E-state index in [1.54, 1.807) is 0 Å². The zero-order valence-electron chi connectivity index (χ0n) is 14.0. The van der Waals surface area contributed by atoms with Crippen LogP contribution < -0.4 is 4.90 Å². The van der Waals surface area contributed by atoms with Gasteiger partial charge in [-0.1, -0.05) is 39.0 Å². The molecule has 0 bridgehead atoms. The molecule has 1 heterocycles. The van der Waals surface area contributed by atoms with E-state index in [1.807, 2.05) is 4.90 Å². The lowest BCUT2D eigenvalue weighted by atomic mass is 10.1. The predicted octanol–water partition coefficient (Wildman–Crippen LogP) is 2.86. The van der Waals surface area contributed by atoms with E-state index in [2.05, 4.69) is 6.92 Å². The van der Waals surface area contributed by atoms with Gasteiger partial charge in [-0.25, -0.2) is 8.42 Å². The van der Waals surface area contributed by atoms with Gasteiger partial charge in [-0.15, -0.1) is 0 Å². The summed E-state index contributed by atoms with van der Waals surface area (Å²) < 4.78 is 58.9. The van der Waals surface area contributed by atoms with Crippen LogP contribution in [-0.2, 0) is 10.1 Å². The summed E-state index contributed by atoms with van der Waals surface area (Å²) in [5, 5.41) is 0. The van der Waals surface area contributed by atoms with Gasteiger partial charge in [0.15, 0.2) is 10.1 Å². The molecular weight excluding hydrogens is 331 g/mol. The fraction of sp³-hybridized carbons (Fsp3) is 1.00. The number of nitrogens with one attached hydrogen (secondary N) is 1. The number of hydrogen-bond acceptors (Lipinski definition) is 3. The van der Waals surface area contributed by atoms with Gasteiger partial charge in [0.25, 0.3) is 0 Å². The molecule has 0 spiro atoms. The van der Waals surface area contributed by atoms with E-state index in [9.17, 15) is 13.2 Å². The summed E-state index contributed by atoms with van der Waals surface area (Å²) in [6.07, 6.45) is 14.6. The summed E-state index contributed by atoms with van der Waals surface area (Å²) in [6.45, 7) is 6.65. The quantitative estimate of drug-likeness (QED) is 0.411. The minimum atomic E-state index is -6.09. The van der Waals surface area contributed by atoms with Gasteiger partial charge in [-0.3, -0.25) is 0 Å².